The molecule has 0 aliphatic heterocycles. The van der Waals surface area contributed by atoms with Crippen LogP contribution >= 0.6 is 0 Å². The third-order valence-electron chi connectivity index (χ3n) is 5.21. The highest BCUT2D eigenvalue weighted by molar-refractivity contribution is 5.95. The maximum absolute atomic E-state index is 13.9. The molecular formula is C25H38N4O5. The van der Waals surface area contributed by atoms with Crippen molar-refractivity contribution in [3.63, 3.8) is 0 Å². The van der Waals surface area contributed by atoms with Gasteiger partial charge in [0.15, 0.2) is 0 Å². The summed E-state index contributed by atoms with van der Waals surface area (Å²) in [6.07, 6.45) is -0.558. The summed E-state index contributed by atoms with van der Waals surface area (Å²) in [5.74, 6) is -1.50. The Kier molecular flexibility index (Phi) is 8.34. The first-order valence-corrected chi connectivity index (χ1v) is 11.6. The molecule has 4 N–H and O–H groups in total. The molecule has 1 saturated carbocycles. The molecule has 0 saturated heterocycles. The first-order valence-electron chi connectivity index (χ1n) is 11.6. The van der Waals surface area contributed by atoms with Gasteiger partial charge in [-0.15, -0.1) is 0 Å². The minimum Gasteiger partial charge on any atom is -0.444 e. The Morgan fingerprint density at radius 2 is 1.65 bits per heavy atom. The minimum atomic E-state index is -1.27. The third kappa shape index (κ3) is 8.04. The highest BCUT2D eigenvalue weighted by Gasteiger charge is 2.48. The van der Waals surface area contributed by atoms with Crippen molar-refractivity contribution in [3.05, 3.63) is 35.9 Å². The van der Waals surface area contributed by atoms with Gasteiger partial charge in [0.25, 0.3) is 0 Å². The minimum absolute atomic E-state index is 0.161. The molecule has 4 amide bonds. The zero-order chi connectivity index (χ0) is 25.8. The fourth-order valence-electron chi connectivity index (χ4n) is 3.71. The topological polar surface area (TPSA) is 131 Å². The summed E-state index contributed by atoms with van der Waals surface area (Å²) in [6, 6.07) is 6.55. The van der Waals surface area contributed by atoms with Crippen LogP contribution in [-0.2, 0) is 19.1 Å². The van der Waals surface area contributed by atoms with Crippen LogP contribution in [-0.4, -0.2) is 51.9 Å². The first kappa shape index (κ1) is 27.1. The summed E-state index contributed by atoms with van der Waals surface area (Å²) in [5.41, 5.74) is 4.70. The van der Waals surface area contributed by atoms with Gasteiger partial charge in [-0.3, -0.25) is 14.4 Å². The van der Waals surface area contributed by atoms with Gasteiger partial charge < -0.3 is 26.0 Å². The van der Waals surface area contributed by atoms with Crippen molar-refractivity contribution in [2.75, 3.05) is 0 Å². The molecule has 4 unspecified atom stereocenters. The van der Waals surface area contributed by atoms with Crippen LogP contribution in [0.25, 0.3) is 0 Å². The van der Waals surface area contributed by atoms with Gasteiger partial charge in [-0.05, 0) is 59.4 Å². The number of nitrogens with zero attached hydrogens (tertiary/aromatic N) is 1. The van der Waals surface area contributed by atoms with Crippen LogP contribution in [0, 0.1) is 5.92 Å². The number of amides is 4. The van der Waals surface area contributed by atoms with E-state index >= 15 is 0 Å². The Bertz CT molecular complexity index is 904. The quantitative estimate of drug-likeness (QED) is 0.533. The number of nitrogens with two attached hydrogens (primary N) is 1. The number of alkyl carbamates (subject to hydrolysis) is 1. The molecule has 9 heteroatoms. The summed E-state index contributed by atoms with van der Waals surface area (Å²) >= 11 is 0. The number of carbonyl (C=O) groups excluding carboxylic acids is 4. The largest absolute Gasteiger partial charge is 0.444 e. The second kappa shape index (κ2) is 10.4. The maximum atomic E-state index is 13.9. The molecule has 0 bridgehead atoms. The van der Waals surface area contributed by atoms with Gasteiger partial charge in [0, 0.05) is 11.6 Å². The van der Waals surface area contributed by atoms with Crippen molar-refractivity contribution in [2.45, 2.75) is 90.6 Å². The smallest absolute Gasteiger partial charge is 0.408 e. The SMILES string of the molecule is CC1CC1N(C(=O)C(CC(N)=O)NC(=O)OC(C)(C)C)C(C(=O)NC(C)(C)C)c1ccccc1. The maximum Gasteiger partial charge on any atom is 0.408 e. The lowest BCUT2D eigenvalue weighted by Gasteiger charge is -2.36. The fraction of sp³-hybridized carbons (Fsp3) is 0.600. The Morgan fingerprint density at radius 3 is 2.09 bits per heavy atom. The van der Waals surface area contributed by atoms with Crippen LogP contribution in [0.4, 0.5) is 4.79 Å². The van der Waals surface area contributed by atoms with E-state index in [4.69, 9.17) is 10.5 Å². The van der Waals surface area contributed by atoms with E-state index in [1.165, 1.54) is 4.90 Å². The van der Waals surface area contributed by atoms with E-state index < -0.39 is 47.6 Å². The normalized spacial score (nSPS) is 19.4. The van der Waals surface area contributed by atoms with Crippen molar-refractivity contribution in [2.24, 2.45) is 11.7 Å². The van der Waals surface area contributed by atoms with Gasteiger partial charge >= 0.3 is 6.09 Å². The van der Waals surface area contributed by atoms with Crippen molar-refractivity contribution >= 4 is 23.8 Å². The Labute approximate surface area is 201 Å². The standard InChI is InChI=1S/C25H38N4O5/c1-15-13-18(15)29(20(16-11-9-8-10-12-16)21(31)28-24(2,3)4)22(32)17(14-19(26)30)27-23(33)34-25(5,6)7/h8-12,15,17-18,20H,13-14H2,1-7H3,(H2,26,30)(H,27,33)(H,28,31). The van der Waals surface area contributed by atoms with Crippen LogP contribution in [0.3, 0.4) is 0 Å². The first-order chi connectivity index (χ1) is 15.6. The lowest BCUT2D eigenvalue weighted by molar-refractivity contribution is -0.144. The van der Waals surface area contributed by atoms with Crippen molar-refractivity contribution in [1.82, 2.24) is 15.5 Å². The van der Waals surface area contributed by atoms with Crippen molar-refractivity contribution in [3.8, 4) is 0 Å². The summed E-state index contributed by atoms with van der Waals surface area (Å²) < 4.78 is 5.28. The number of ether oxygens (including phenoxy) is 1. The Hall–Kier alpha value is -3.10. The fourth-order valence-corrected chi connectivity index (χ4v) is 3.71. The zero-order valence-electron chi connectivity index (χ0n) is 21.2. The number of primary amides is 1. The van der Waals surface area contributed by atoms with E-state index in [1.807, 2.05) is 33.8 Å². The third-order valence-corrected chi connectivity index (χ3v) is 5.21. The van der Waals surface area contributed by atoms with Gasteiger partial charge in [0.1, 0.15) is 17.7 Å². The molecule has 1 aromatic carbocycles. The van der Waals surface area contributed by atoms with Crippen LogP contribution in [0.5, 0.6) is 0 Å². The number of rotatable bonds is 8. The molecule has 0 heterocycles. The van der Waals surface area contributed by atoms with E-state index in [9.17, 15) is 19.2 Å². The summed E-state index contributed by atoms with van der Waals surface area (Å²) in [6.45, 7) is 12.6. The van der Waals surface area contributed by atoms with Crippen LogP contribution < -0.4 is 16.4 Å². The Morgan fingerprint density at radius 1 is 1.09 bits per heavy atom. The lowest BCUT2D eigenvalue weighted by atomic mass is 10.00. The molecule has 4 atom stereocenters. The van der Waals surface area contributed by atoms with Crippen LogP contribution in [0.15, 0.2) is 30.3 Å². The Balaban J connectivity index is 2.47. The average molecular weight is 475 g/mol. The molecule has 9 nitrogen and oxygen atoms in total. The molecule has 1 aliphatic rings. The average Bonchev–Trinajstić information content (AvgIpc) is 3.38. The molecule has 0 aromatic heterocycles. The van der Waals surface area contributed by atoms with Crippen LogP contribution in [0.2, 0.25) is 0 Å². The van der Waals surface area contributed by atoms with Crippen LogP contribution in [0.1, 0.15) is 72.9 Å². The summed E-state index contributed by atoms with van der Waals surface area (Å²) in [4.78, 5) is 53.1. The second-order valence-electron chi connectivity index (χ2n) is 10.9. The van der Waals surface area contributed by atoms with Gasteiger partial charge in [-0.25, -0.2) is 4.79 Å². The van der Waals surface area contributed by atoms with Gasteiger partial charge in [0.05, 0.1) is 6.42 Å². The van der Waals surface area contributed by atoms with E-state index in [-0.39, 0.29) is 17.9 Å². The molecule has 34 heavy (non-hydrogen) atoms. The molecular weight excluding hydrogens is 436 g/mol. The molecule has 0 spiro atoms. The number of hydrogen-bond acceptors (Lipinski definition) is 5. The summed E-state index contributed by atoms with van der Waals surface area (Å²) in [5, 5.41) is 5.46. The van der Waals surface area contributed by atoms with Crippen molar-refractivity contribution in [1.29, 1.82) is 0 Å². The molecule has 1 aliphatic carbocycles. The predicted molar refractivity (Wildman–Crippen MR) is 128 cm³/mol. The highest BCUT2D eigenvalue weighted by Crippen LogP contribution is 2.41. The zero-order valence-corrected chi connectivity index (χ0v) is 21.2. The molecule has 2 rings (SSSR count). The van der Waals surface area contributed by atoms with E-state index in [2.05, 4.69) is 10.6 Å². The predicted octanol–water partition coefficient (Wildman–Crippen LogP) is 2.65. The second-order valence-corrected chi connectivity index (χ2v) is 10.9. The lowest BCUT2D eigenvalue weighted by Crippen LogP contribution is -2.56. The number of carbonyl (C=O) groups is 4. The van der Waals surface area contributed by atoms with E-state index in [0.717, 1.165) is 0 Å². The van der Waals surface area contributed by atoms with Gasteiger partial charge in [-0.2, -0.15) is 0 Å². The number of hydrogen-bond donors (Lipinski definition) is 3. The van der Waals surface area contributed by atoms with Gasteiger partial charge in [-0.1, -0.05) is 37.3 Å². The summed E-state index contributed by atoms with van der Waals surface area (Å²) in [7, 11) is 0. The van der Waals surface area contributed by atoms with Crippen molar-refractivity contribution < 1.29 is 23.9 Å². The molecule has 188 valence electrons. The molecule has 1 fully saturated rings. The monoisotopic (exact) mass is 474 g/mol. The molecule has 0 radical (unpaired) electrons. The molecule has 1 aromatic rings. The number of benzene rings is 1. The van der Waals surface area contributed by atoms with Gasteiger partial charge in [0.2, 0.25) is 17.7 Å². The highest BCUT2D eigenvalue weighted by atomic mass is 16.6. The van der Waals surface area contributed by atoms with E-state index in [0.29, 0.717) is 12.0 Å². The van der Waals surface area contributed by atoms with E-state index in [1.54, 1.807) is 45.0 Å². The number of nitrogens with one attached hydrogen (secondary N) is 2.